The fourth-order valence-corrected chi connectivity index (χ4v) is 4.18. The maximum atomic E-state index is 14.0. The Labute approximate surface area is 212 Å². The molecule has 0 saturated carbocycles. The molecule has 37 heavy (non-hydrogen) atoms. The summed E-state index contributed by atoms with van der Waals surface area (Å²) in [6.07, 6.45) is 1.93. The molecule has 5 rings (SSSR count). The second-order valence-electron chi connectivity index (χ2n) is 8.23. The maximum absolute atomic E-state index is 14.0. The first-order chi connectivity index (χ1) is 18.0. The van der Waals surface area contributed by atoms with Crippen molar-refractivity contribution >= 4 is 22.5 Å². The maximum Gasteiger partial charge on any atom is 0.267 e. The standard InChI is InChI=1S/C27H24N8O2/c1-4-10-17-11-9-14-20-21(17)27(36)35(18-12-7-6-8-13-18)25(32-20)19(5-2)31-24-22(23(28)29-15-30-24)26-34-33-16(3)37-26/h6-9,11-15,19H,5H2,1-3H3,(H3,28,29,30,31)/t19-/m0/s1. The van der Waals surface area contributed by atoms with Gasteiger partial charge in [-0.3, -0.25) is 9.36 Å². The second kappa shape index (κ2) is 9.91. The molecule has 5 aromatic rings. The van der Waals surface area contributed by atoms with Crippen LogP contribution in [0, 0.1) is 18.8 Å². The molecule has 0 radical (unpaired) electrons. The number of nitrogens with one attached hydrogen (secondary N) is 1. The Morgan fingerprint density at radius 3 is 2.62 bits per heavy atom. The highest BCUT2D eigenvalue weighted by atomic mass is 16.4. The predicted octanol–water partition coefficient (Wildman–Crippen LogP) is 4.05. The van der Waals surface area contributed by atoms with Crippen molar-refractivity contribution in [1.29, 1.82) is 0 Å². The van der Waals surface area contributed by atoms with Crippen LogP contribution in [0.2, 0.25) is 0 Å². The van der Waals surface area contributed by atoms with E-state index in [9.17, 15) is 4.79 Å². The number of para-hydroxylation sites is 1. The lowest BCUT2D eigenvalue weighted by Gasteiger charge is -2.23. The molecule has 0 amide bonds. The number of hydrogen-bond donors (Lipinski definition) is 2. The number of rotatable bonds is 6. The molecule has 0 unspecified atom stereocenters. The van der Waals surface area contributed by atoms with Crippen LogP contribution in [0.1, 0.15) is 43.6 Å². The van der Waals surface area contributed by atoms with Crippen molar-refractivity contribution in [2.45, 2.75) is 33.2 Å². The molecule has 184 valence electrons. The van der Waals surface area contributed by atoms with Crippen LogP contribution < -0.4 is 16.6 Å². The van der Waals surface area contributed by atoms with Gasteiger partial charge in [0.05, 0.1) is 22.6 Å². The van der Waals surface area contributed by atoms with E-state index in [1.165, 1.54) is 6.33 Å². The molecule has 0 aliphatic heterocycles. The molecule has 0 aliphatic carbocycles. The summed E-state index contributed by atoms with van der Waals surface area (Å²) in [5, 5.41) is 11.9. The highest BCUT2D eigenvalue weighted by Gasteiger charge is 2.25. The Hall–Kier alpha value is -5.04. The van der Waals surface area contributed by atoms with E-state index < -0.39 is 6.04 Å². The molecule has 0 spiro atoms. The third-order valence-corrected chi connectivity index (χ3v) is 5.84. The van der Waals surface area contributed by atoms with Gasteiger partial charge in [0.2, 0.25) is 5.89 Å². The smallest absolute Gasteiger partial charge is 0.267 e. The van der Waals surface area contributed by atoms with Gasteiger partial charge in [-0.25, -0.2) is 15.0 Å². The van der Waals surface area contributed by atoms with E-state index in [-0.39, 0.29) is 17.3 Å². The van der Waals surface area contributed by atoms with Crippen molar-refractivity contribution < 1.29 is 4.42 Å². The highest BCUT2D eigenvalue weighted by Crippen LogP contribution is 2.33. The number of hydrogen-bond acceptors (Lipinski definition) is 9. The molecule has 0 fully saturated rings. The average molecular weight is 493 g/mol. The quantitative estimate of drug-likeness (QED) is 0.336. The number of nitrogen functional groups attached to an aromatic ring is 1. The molecule has 0 saturated heterocycles. The first-order valence-corrected chi connectivity index (χ1v) is 11.7. The lowest BCUT2D eigenvalue weighted by atomic mass is 10.1. The third kappa shape index (κ3) is 4.38. The number of nitrogens with zero attached hydrogens (tertiary/aromatic N) is 6. The van der Waals surface area contributed by atoms with Gasteiger partial charge in [0.1, 0.15) is 29.4 Å². The Balaban J connectivity index is 1.73. The SMILES string of the molecule is CC#Cc1cccc2nc([C@H](CC)Nc3ncnc(N)c3-c3nnc(C)o3)n(-c3ccccc3)c(=O)c12. The van der Waals surface area contributed by atoms with Crippen molar-refractivity contribution in [2.24, 2.45) is 0 Å². The fraction of sp³-hybridized carbons (Fsp3) is 0.185. The molecule has 0 bridgehead atoms. The molecule has 10 heteroatoms. The van der Waals surface area contributed by atoms with Crippen molar-refractivity contribution in [3.05, 3.63) is 82.5 Å². The van der Waals surface area contributed by atoms with Gasteiger partial charge >= 0.3 is 0 Å². The number of benzene rings is 2. The zero-order valence-electron chi connectivity index (χ0n) is 20.6. The van der Waals surface area contributed by atoms with Gasteiger partial charge in [-0.15, -0.1) is 16.1 Å². The van der Waals surface area contributed by atoms with Gasteiger partial charge in [-0.05, 0) is 37.6 Å². The first-order valence-electron chi connectivity index (χ1n) is 11.7. The van der Waals surface area contributed by atoms with Crippen molar-refractivity contribution in [2.75, 3.05) is 11.1 Å². The van der Waals surface area contributed by atoms with E-state index in [1.54, 1.807) is 18.4 Å². The minimum absolute atomic E-state index is 0.186. The molecule has 3 aromatic heterocycles. The van der Waals surface area contributed by atoms with Crippen LogP contribution in [-0.4, -0.2) is 29.7 Å². The number of anilines is 2. The Morgan fingerprint density at radius 2 is 1.92 bits per heavy atom. The van der Waals surface area contributed by atoms with Crippen LogP contribution >= 0.6 is 0 Å². The van der Waals surface area contributed by atoms with Crippen LogP contribution in [0.25, 0.3) is 28.0 Å². The van der Waals surface area contributed by atoms with Gasteiger partial charge < -0.3 is 15.5 Å². The van der Waals surface area contributed by atoms with Crippen molar-refractivity contribution in [1.82, 2.24) is 29.7 Å². The molecule has 1 atom stereocenters. The molecule has 0 aliphatic rings. The van der Waals surface area contributed by atoms with Crippen LogP contribution in [0.15, 0.2) is 64.1 Å². The Bertz CT molecular complexity index is 1710. The van der Waals surface area contributed by atoms with Gasteiger partial charge in [-0.1, -0.05) is 37.1 Å². The summed E-state index contributed by atoms with van der Waals surface area (Å²) < 4.78 is 7.23. The molecular weight excluding hydrogens is 468 g/mol. The van der Waals surface area contributed by atoms with E-state index in [2.05, 4.69) is 37.3 Å². The van der Waals surface area contributed by atoms with Crippen LogP contribution in [-0.2, 0) is 0 Å². The average Bonchev–Trinajstić information content (AvgIpc) is 3.33. The van der Waals surface area contributed by atoms with Gasteiger partial charge in [-0.2, -0.15) is 0 Å². The summed E-state index contributed by atoms with van der Waals surface area (Å²) in [4.78, 5) is 27.5. The molecule has 2 aromatic carbocycles. The van der Waals surface area contributed by atoms with Crippen LogP contribution in [0.4, 0.5) is 11.6 Å². The topological polar surface area (TPSA) is 138 Å². The second-order valence-corrected chi connectivity index (χ2v) is 8.23. The van der Waals surface area contributed by atoms with Gasteiger partial charge in [0.15, 0.2) is 0 Å². The normalized spacial score (nSPS) is 11.6. The van der Waals surface area contributed by atoms with Gasteiger partial charge in [0.25, 0.3) is 11.4 Å². The summed E-state index contributed by atoms with van der Waals surface area (Å²) >= 11 is 0. The zero-order chi connectivity index (χ0) is 25.9. The summed E-state index contributed by atoms with van der Waals surface area (Å²) in [5.74, 6) is 7.59. The van der Waals surface area contributed by atoms with Crippen LogP contribution in [0.3, 0.4) is 0 Å². The Morgan fingerprint density at radius 1 is 1.11 bits per heavy atom. The zero-order valence-corrected chi connectivity index (χ0v) is 20.6. The number of fused-ring (bicyclic) bond motifs is 1. The van der Waals surface area contributed by atoms with E-state index in [4.69, 9.17) is 15.1 Å². The molecule has 3 heterocycles. The van der Waals surface area contributed by atoms with Gasteiger partial charge in [0, 0.05) is 12.5 Å². The number of aromatic nitrogens is 6. The molecular formula is C27H24N8O2. The van der Waals surface area contributed by atoms with Crippen molar-refractivity contribution in [3.63, 3.8) is 0 Å². The summed E-state index contributed by atoms with van der Waals surface area (Å²) in [6, 6.07) is 14.5. The summed E-state index contributed by atoms with van der Waals surface area (Å²) in [5.41, 5.74) is 8.23. The number of aryl methyl sites for hydroxylation is 1. The minimum atomic E-state index is -0.435. The van der Waals surface area contributed by atoms with E-state index in [0.29, 0.717) is 51.7 Å². The Kier molecular flexibility index (Phi) is 6.34. The minimum Gasteiger partial charge on any atom is -0.421 e. The third-order valence-electron chi connectivity index (χ3n) is 5.84. The summed E-state index contributed by atoms with van der Waals surface area (Å²) in [6.45, 7) is 5.42. The summed E-state index contributed by atoms with van der Waals surface area (Å²) in [7, 11) is 0. The van der Waals surface area contributed by atoms with E-state index >= 15 is 0 Å². The first kappa shape index (κ1) is 23.7. The monoisotopic (exact) mass is 492 g/mol. The largest absolute Gasteiger partial charge is 0.421 e. The lowest BCUT2D eigenvalue weighted by Crippen LogP contribution is -2.29. The fourth-order valence-electron chi connectivity index (χ4n) is 4.18. The molecule has 10 nitrogen and oxygen atoms in total. The van der Waals surface area contributed by atoms with Crippen molar-refractivity contribution in [3.8, 4) is 29.0 Å². The molecule has 3 N–H and O–H groups in total. The number of nitrogens with two attached hydrogens (primary N) is 1. The van der Waals surface area contributed by atoms with E-state index in [0.717, 1.165) is 0 Å². The predicted molar refractivity (Wildman–Crippen MR) is 141 cm³/mol. The van der Waals surface area contributed by atoms with E-state index in [1.807, 2.05) is 55.5 Å². The highest BCUT2D eigenvalue weighted by molar-refractivity contribution is 5.85. The van der Waals surface area contributed by atoms with Crippen LogP contribution in [0.5, 0.6) is 0 Å². The lowest BCUT2D eigenvalue weighted by molar-refractivity contribution is 0.532.